The third-order valence-electron chi connectivity index (χ3n) is 1.30. The van der Waals surface area contributed by atoms with Crippen molar-refractivity contribution >= 4 is 47.8 Å². The molecule has 15 heavy (non-hydrogen) atoms. The predicted octanol–water partition coefficient (Wildman–Crippen LogP) is 1.92. The van der Waals surface area contributed by atoms with Gasteiger partial charge in [-0.1, -0.05) is 10.4 Å². The van der Waals surface area contributed by atoms with Gasteiger partial charge in [0.25, 0.3) is 0 Å². The van der Waals surface area contributed by atoms with Gasteiger partial charge in [-0.25, -0.2) is 4.68 Å². The van der Waals surface area contributed by atoms with Gasteiger partial charge in [0.15, 0.2) is 4.60 Å². The molecule has 0 N–H and O–H groups in total. The first-order valence-electron chi connectivity index (χ1n) is 3.73. The number of aryl methyl sites for hydroxylation is 2. The zero-order valence-corrected chi connectivity index (χ0v) is 12.7. The minimum atomic E-state index is 0.736. The Kier molecular flexibility index (Phi) is 4.87. The lowest BCUT2D eigenvalue weighted by atomic mass is 10.9. The van der Waals surface area contributed by atoms with Crippen LogP contribution in [0.4, 0.5) is 0 Å². The molecule has 2 aromatic heterocycles. The summed E-state index contributed by atoms with van der Waals surface area (Å²) in [6.45, 7) is 0. The largest absolute Gasteiger partial charge is 0.254 e. The topological polar surface area (TPSA) is 61.4 Å². The Balaban J connectivity index is 0.000000151. The highest BCUT2D eigenvalue weighted by Crippen LogP contribution is 2.17. The van der Waals surface area contributed by atoms with Crippen LogP contribution < -0.4 is 0 Å². The molecule has 0 aliphatic rings. The molecule has 6 nitrogen and oxygen atoms in total. The average molecular weight is 403 g/mol. The van der Waals surface area contributed by atoms with Gasteiger partial charge in [0, 0.05) is 14.1 Å². The number of hydrogen-bond donors (Lipinski definition) is 0. The van der Waals surface area contributed by atoms with Crippen LogP contribution in [-0.4, -0.2) is 30.0 Å². The van der Waals surface area contributed by atoms with Gasteiger partial charge in [0.2, 0.25) is 0 Å². The maximum Gasteiger partial charge on any atom is 0.162 e. The smallest absolute Gasteiger partial charge is 0.162 e. The quantitative estimate of drug-likeness (QED) is 0.675. The Bertz CT molecular complexity index is 400. The molecule has 0 unspecified atom stereocenters. The maximum atomic E-state index is 3.70. The second-order valence-corrected chi connectivity index (χ2v) is 4.82. The van der Waals surface area contributed by atoms with Gasteiger partial charge in [-0.15, -0.1) is 10.2 Å². The minimum Gasteiger partial charge on any atom is -0.254 e. The van der Waals surface area contributed by atoms with Crippen LogP contribution in [0.15, 0.2) is 20.0 Å². The summed E-state index contributed by atoms with van der Waals surface area (Å²) >= 11 is 9.55. The third-order valence-corrected chi connectivity index (χ3v) is 3.61. The van der Waals surface area contributed by atoms with E-state index in [9.17, 15) is 0 Å². The summed E-state index contributed by atoms with van der Waals surface area (Å²) in [5.41, 5.74) is 0. The summed E-state index contributed by atoms with van der Waals surface area (Å²) in [6, 6.07) is 0. The van der Waals surface area contributed by atoms with Gasteiger partial charge < -0.3 is 0 Å². The summed E-state index contributed by atoms with van der Waals surface area (Å²) in [5, 5.41) is 14.7. The molecule has 0 aromatic carbocycles. The highest BCUT2D eigenvalue weighted by atomic mass is 79.9. The standard InChI is InChI=1S/C3H3Br2N3.C3H4BrN3/c1-8-3(5)2(4)6-7-8;1-7-2-3(4)5-6-7/h1H3;2H,1H3. The molecule has 0 aliphatic carbocycles. The van der Waals surface area contributed by atoms with Crippen molar-refractivity contribution in [1.29, 1.82) is 0 Å². The number of hydrogen-bond acceptors (Lipinski definition) is 4. The zero-order chi connectivity index (χ0) is 11.4. The first-order chi connectivity index (χ1) is 7.00. The molecule has 0 saturated carbocycles. The molecule has 0 amide bonds. The monoisotopic (exact) mass is 400 g/mol. The first-order valence-corrected chi connectivity index (χ1v) is 6.11. The minimum absolute atomic E-state index is 0.736. The van der Waals surface area contributed by atoms with Crippen LogP contribution >= 0.6 is 47.8 Å². The van der Waals surface area contributed by atoms with Crippen LogP contribution in [0.25, 0.3) is 0 Å². The number of halogens is 3. The molecule has 82 valence electrons. The molecule has 0 saturated heterocycles. The number of rotatable bonds is 0. The van der Waals surface area contributed by atoms with Crippen molar-refractivity contribution < 1.29 is 0 Å². The first kappa shape index (κ1) is 12.8. The fourth-order valence-corrected chi connectivity index (χ4v) is 1.48. The van der Waals surface area contributed by atoms with Crippen molar-refractivity contribution in [2.45, 2.75) is 0 Å². The number of nitrogens with zero attached hydrogens (tertiary/aromatic N) is 6. The highest BCUT2D eigenvalue weighted by molar-refractivity contribution is 9.13. The van der Waals surface area contributed by atoms with Crippen molar-refractivity contribution in [3.63, 3.8) is 0 Å². The van der Waals surface area contributed by atoms with Crippen molar-refractivity contribution in [2.75, 3.05) is 0 Å². The number of aromatic nitrogens is 6. The van der Waals surface area contributed by atoms with E-state index in [2.05, 4.69) is 68.4 Å². The summed E-state index contributed by atoms with van der Waals surface area (Å²) in [5.74, 6) is 0. The van der Waals surface area contributed by atoms with Crippen LogP contribution in [0.3, 0.4) is 0 Å². The van der Waals surface area contributed by atoms with Crippen molar-refractivity contribution in [3.8, 4) is 0 Å². The normalized spacial score (nSPS) is 9.67. The molecule has 9 heteroatoms. The molecule has 0 fully saturated rings. The maximum absolute atomic E-state index is 3.70. The van der Waals surface area contributed by atoms with Crippen LogP contribution in [-0.2, 0) is 14.1 Å². The van der Waals surface area contributed by atoms with E-state index < -0.39 is 0 Å². The fourth-order valence-electron chi connectivity index (χ4n) is 0.639. The molecule has 0 spiro atoms. The summed E-state index contributed by atoms with van der Waals surface area (Å²) < 4.78 is 5.63. The van der Waals surface area contributed by atoms with Gasteiger partial charge in [-0.2, -0.15) is 0 Å². The molecule has 0 aliphatic heterocycles. The van der Waals surface area contributed by atoms with E-state index in [0.29, 0.717) is 0 Å². The van der Waals surface area contributed by atoms with Gasteiger partial charge >= 0.3 is 0 Å². The molecule has 0 atom stereocenters. The van der Waals surface area contributed by atoms with E-state index in [4.69, 9.17) is 0 Å². The summed E-state index contributed by atoms with van der Waals surface area (Å²) in [4.78, 5) is 0. The van der Waals surface area contributed by atoms with Gasteiger partial charge in [0.1, 0.15) is 9.21 Å². The Morgan fingerprint density at radius 3 is 1.87 bits per heavy atom. The van der Waals surface area contributed by atoms with Crippen LogP contribution in [0.5, 0.6) is 0 Å². The van der Waals surface area contributed by atoms with Crippen molar-refractivity contribution in [1.82, 2.24) is 30.0 Å². The van der Waals surface area contributed by atoms with Crippen molar-refractivity contribution in [3.05, 3.63) is 20.0 Å². The predicted molar refractivity (Wildman–Crippen MR) is 65.1 cm³/mol. The summed E-state index contributed by atoms with van der Waals surface area (Å²) in [7, 11) is 3.62. The Morgan fingerprint density at radius 1 is 1.07 bits per heavy atom. The van der Waals surface area contributed by atoms with E-state index >= 15 is 0 Å². The fraction of sp³-hybridized carbons (Fsp3) is 0.333. The third kappa shape index (κ3) is 3.99. The second-order valence-electron chi connectivity index (χ2n) is 2.51. The molecular weight excluding hydrogens is 396 g/mol. The van der Waals surface area contributed by atoms with Gasteiger partial charge in [-0.3, -0.25) is 4.68 Å². The molecule has 2 heterocycles. The van der Waals surface area contributed by atoms with Gasteiger partial charge in [-0.05, 0) is 47.8 Å². The molecular formula is C6H7Br3N6. The molecule has 0 bridgehead atoms. The van der Waals surface area contributed by atoms with E-state index in [1.54, 1.807) is 15.6 Å². The van der Waals surface area contributed by atoms with E-state index in [-0.39, 0.29) is 0 Å². The highest BCUT2D eigenvalue weighted by Gasteiger charge is 2.00. The lowest BCUT2D eigenvalue weighted by Gasteiger charge is -1.84. The van der Waals surface area contributed by atoms with E-state index in [1.165, 1.54) is 0 Å². The van der Waals surface area contributed by atoms with E-state index in [1.807, 2.05) is 14.1 Å². The summed E-state index contributed by atoms with van der Waals surface area (Å²) in [6.07, 6.45) is 1.78. The Hall–Kier alpha value is -0.280. The van der Waals surface area contributed by atoms with Crippen LogP contribution in [0, 0.1) is 0 Å². The molecule has 2 rings (SSSR count). The zero-order valence-electron chi connectivity index (χ0n) is 7.89. The molecule has 2 aromatic rings. The molecule has 0 radical (unpaired) electrons. The second kappa shape index (κ2) is 5.71. The lowest BCUT2D eigenvalue weighted by molar-refractivity contribution is 0.702. The Labute approximate surface area is 111 Å². The van der Waals surface area contributed by atoms with Crippen LogP contribution in [0.2, 0.25) is 0 Å². The lowest BCUT2D eigenvalue weighted by Crippen LogP contribution is -1.88. The van der Waals surface area contributed by atoms with Crippen molar-refractivity contribution in [2.24, 2.45) is 14.1 Å². The van der Waals surface area contributed by atoms with Crippen LogP contribution in [0.1, 0.15) is 0 Å². The van der Waals surface area contributed by atoms with Gasteiger partial charge in [0.05, 0.1) is 6.20 Å². The SMILES string of the molecule is Cn1cc(Br)nn1.Cn1nnc(Br)c1Br. The Morgan fingerprint density at radius 2 is 1.73 bits per heavy atom. The van der Waals surface area contributed by atoms with E-state index in [0.717, 1.165) is 13.8 Å². The average Bonchev–Trinajstić information content (AvgIpc) is 2.68.